The van der Waals surface area contributed by atoms with Gasteiger partial charge in [0.25, 0.3) is 0 Å². The van der Waals surface area contributed by atoms with Crippen LogP contribution in [0.4, 0.5) is 0 Å². The Kier molecular flexibility index (Phi) is 6.16. The first-order valence-corrected chi connectivity index (χ1v) is 8.30. The fraction of sp³-hybridized carbons (Fsp3) is 0.611. The van der Waals surface area contributed by atoms with Gasteiger partial charge in [0.2, 0.25) is 5.91 Å². The van der Waals surface area contributed by atoms with E-state index in [-0.39, 0.29) is 11.9 Å². The van der Waals surface area contributed by atoms with Gasteiger partial charge in [-0.3, -0.25) is 9.69 Å². The Hall–Kier alpha value is -1.43. The van der Waals surface area contributed by atoms with Crippen LogP contribution in [-0.4, -0.2) is 66.7 Å². The van der Waals surface area contributed by atoms with Crippen molar-refractivity contribution in [2.75, 3.05) is 40.3 Å². The Morgan fingerprint density at radius 3 is 2.70 bits per heavy atom. The highest BCUT2D eigenvalue weighted by atomic mass is 16.3. The molecule has 1 heterocycles. The van der Waals surface area contributed by atoms with Crippen LogP contribution in [0.25, 0.3) is 0 Å². The molecular formula is C18H29N3O2. The van der Waals surface area contributed by atoms with Gasteiger partial charge in [0.1, 0.15) is 0 Å². The number of likely N-dealkylation sites (N-methyl/N-ethyl adjacent to an activating group) is 1. The molecule has 1 aromatic rings. The first-order chi connectivity index (χ1) is 10.9. The zero-order chi connectivity index (χ0) is 16.9. The van der Waals surface area contributed by atoms with Gasteiger partial charge in [-0.25, -0.2) is 0 Å². The second-order valence-corrected chi connectivity index (χ2v) is 7.01. The number of hydrogen-bond acceptors (Lipinski definition) is 4. The second-order valence-electron chi connectivity index (χ2n) is 7.01. The number of benzene rings is 1. The summed E-state index contributed by atoms with van der Waals surface area (Å²) in [5.41, 5.74) is 0.521. The molecule has 1 saturated heterocycles. The van der Waals surface area contributed by atoms with E-state index in [4.69, 9.17) is 0 Å². The third kappa shape index (κ3) is 5.61. The summed E-state index contributed by atoms with van der Waals surface area (Å²) in [4.78, 5) is 16.4. The van der Waals surface area contributed by atoms with Crippen LogP contribution >= 0.6 is 0 Å². The molecule has 0 unspecified atom stereocenters. The van der Waals surface area contributed by atoms with Gasteiger partial charge in [0.05, 0.1) is 18.2 Å². The van der Waals surface area contributed by atoms with Gasteiger partial charge in [-0.1, -0.05) is 30.3 Å². The highest BCUT2D eigenvalue weighted by Gasteiger charge is 2.29. The number of carbonyl (C=O) groups is 1. The summed E-state index contributed by atoms with van der Waals surface area (Å²) in [7, 11) is 4.04. The van der Waals surface area contributed by atoms with E-state index in [1.54, 1.807) is 0 Å². The van der Waals surface area contributed by atoms with Crippen LogP contribution in [0.1, 0.15) is 31.4 Å². The largest absolute Gasteiger partial charge is 0.389 e. The van der Waals surface area contributed by atoms with Gasteiger partial charge < -0.3 is 15.3 Å². The lowest BCUT2D eigenvalue weighted by Gasteiger charge is -2.36. The molecule has 0 aromatic heterocycles. The number of piperidine rings is 1. The van der Waals surface area contributed by atoms with Crippen LogP contribution < -0.4 is 5.32 Å². The molecule has 2 rings (SSSR count). The Bertz CT molecular complexity index is 502. The SMILES string of the molecule is CN(C)[C@@H](CNC(=O)CN1CCC[C@@](C)(O)C1)c1ccccc1. The minimum absolute atomic E-state index is 0.0190. The first-order valence-electron chi connectivity index (χ1n) is 8.30. The molecular weight excluding hydrogens is 290 g/mol. The van der Waals surface area contributed by atoms with Crippen LogP contribution in [-0.2, 0) is 4.79 Å². The van der Waals surface area contributed by atoms with Gasteiger partial charge in [-0.2, -0.15) is 0 Å². The summed E-state index contributed by atoms with van der Waals surface area (Å²) < 4.78 is 0. The highest BCUT2D eigenvalue weighted by molar-refractivity contribution is 5.78. The fourth-order valence-corrected chi connectivity index (χ4v) is 3.20. The van der Waals surface area contributed by atoms with Crippen molar-refractivity contribution in [3.05, 3.63) is 35.9 Å². The molecule has 2 N–H and O–H groups in total. The smallest absolute Gasteiger partial charge is 0.234 e. The summed E-state index contributed by atoms with van der Waals surface area (Å²) >= 11 is 0. The third-order valence-electron chi connectivity index (χ3n) is 4.42. The standard InChI is InChI=1S/C18H29N3O2/c1-18(23)10-7-11-21(14-18)13-17(22)19-12-16(20(2)3)15-8-5-4-6-9-15/h4-6,8-9,16,23H,7,10-14H2,1-3H3,(H,19,22)/t16-,18+/m0/s1. The van der Waals surface area contributed by atoms with Crippen LogP contribution in [0.3, 0.4) is 0 Å². The molecule has 2 atom stereocenters. The van der Waals surface area contributed by atoms with Crippen LogP contribution in [0.15, 0.2) is 30.3 Å². The zero-order valence-corrected chi connectivity index (χ0v) is 14.5. The predicted molar refractivity (Wildman–Crippen MR) is 92.2 cm³/mol. The maximum atomic E-state index is 12.2. The van der Waals surface area contributed by atoms with Crippen molar-refractivity contribution in [2.45, 2.75) is 31.4 Å². The number of β-amino-alcohol motifs (C(OH)–C–C–N with tert-alkyl or cyclic N) is 1. The molecule has 0 bridgehead atoms. The Morgan fingerprint density at radius 2 is 2.09 bits per heavy atom. The van der Waals surface area contributed by atoms with Crippen molar-refractivity contribution in [1.29, 1.82) is 0 Å². The van der Waals surface area contributed by atoms with Crippen LogP contribution in [0, 0.1) is 0 Å². The molecule has 1 aliphatic heterocycles. The Balaban J connectivity index is 1.85. The summed E-state index contributed by atoms with van der Waals surface area (Å²) in [6, 6.07) is 10.4. The number of hydrogen-bond donors (Lipinski definition) is 2. The average Bonchev–Trinajstić information content (AvgIpc) is 2.47. The third-order valence-corrected chi connectivity index (χ3v) is 4.42. The van der Waals surface area contributed by atoms with Gasteiger partial charge in [-0.05, 0) is 46.0 Å². The van der Waals surface area contributed by atoms with E-state index in [1.165, 1.54) is 5.56 Å². The quantitative estimate of drug-likeness (QED) is 0.829. The predicted octanol–water partition coefficient (Wildman–Crippen LogP) is 1.25. The highest BCUT2D eigenvalue weighted by Crippen LogP contribution is 2.20. The Morgan fingerprint density at radius 1 is 1.39 bits per heavy atom. The molecule has 0 aliphatic carbocycles. The lowest BCUT2D eigenvalue weighted by Crippen LogP contribution is -2.49. The molecule has 1 amide bonds. The van der Waals surface area contributed by atoms with Gasteiger partial charge >= 0.3 is 0 Å². The number of aliphatic hydroxyl groups is 1. The van der Waals surface area contributed by atoms with Gasteiger partial charge in [0, 0.05) is 13.1 Å². The summed E-state index contributed by atoms with van der Waals surface area (Å²) in [6.07, 6.45) is 1.74. The molecule has 1 aliphatic rings. The second kappa shape index (κ2) is 7.90. The lowest BCUT2D eigenvalue weighted by atomic mass is 9.95. The molecule has 1 fully saturated rings. The van der Waals surface area contributed by atoms with E-state index >= 15 is 0 Å². The van der Waals surface area contributed by atoms with E-state index < -0.39 is 5.60 Å². The maximum absolute atomic E-state index is 12.2. The number of nitrogens with zero attached hydrogens (tertiary/aromatic N) is 2. The number of amides is 1. The first kappa shape index (κ1) is 17.9. The normalized spacial score (nSPS) is 23.7. The average molecular weight is 319 g/mol. The minimum atomic E-state index is -0.672. The van der Waals surface area contributed by atoms with Crippen molar-refractivity contribution in [3.8, 4) is 0 Å². The maximum Gasteiger partial charge on any atom is 0.234 e. The molecule has 0 radical (unpaired) electrons. The molecule has 23 heavy (non-hydrogen) atoms. The van der Waals surface area contributed by atoms with Crippen molar-refractivity contribution in [2.24, 2.45) is 0 Å². The molecule has 0 saturated carbocycles. The van der Waals surface area contributed by atoms with E-state index in [0.717, 1.165) is 19.4 Å². The molecule has 128 valence electrons. The van der Waals surface area contributed by atoms with Crippen molar-refractivity contribution < 1.29 is 9.90 Å². The van der Waals surface area contributed by atoms with E-state index in [0.29, 0.717) is 19.6 Å². The fourth-order valence-electron chi connectivity index (χ4n) is 3.20. The zero-order valence-electron chi connectivity index (χ0n) is 14.5. The van der Waals surface area contributed by atoms with Crippen LogP contribution in [0.2, 0.25) is 0 Å². The number of nitrogens with one attached hydrogen (secondary N) is 1. The lowest BCUT2D eigenvalue weighted by molar-refractivity contribution is -0.124. The molecule has 0 spiro atoms. The van der Waals surface area contributed by atoms with E-state index in [2.05, 4.69) is 22.3 Å². The Labute approximate surface area is 139 Å². The number of rotatable bonds is 6. The molecule has 1 aromatic carbocycles. The van der Waals surface area contributed by atoms with Crippen molar-refractivity contribution >= 4 is 5.91 Å². The van der Waals surface area contributed by atoms with Crippen LogP contribution in [0.5, 0.6) is 0 Å². The molecule has 5 nitrogen and oxygen atoms in total. The monoisotopic (exact) mass is 319 g/mol. The summed E-state index contributed by atoms with van der Waals surface area (Å²) in [5, 5.41) is 13.2. The van der Waals surface area contributed by atoms with E-state index in [9.17, 15) is 9.90 Å². The summed E-state index contributed by atoms with van der Waals surface area (Å²) in [5.74, 6) is 0.0190. The number of carbonyl (C=O) groups excluding carboxylic acids is 1. The number of likely N-dealkylation sites (tertiary alicyclic amines) is 1. The topological polar surface area (TPSA) is 55.8 Å². The van der Waals surface area contributed by atoms with Gasteiger partial charge in [0.15, 0.2) is 0 Å². The van der Waals surface area contributed by atoms with E-state index in [1.807, 2.05) is 44.1 Å². The van der Waals surface area contributed by atoms with Gasteiger partial charge in [-0.15, -0.1) is 0 Å². The summed E-state index contributed by atoms with van der Waals surface area (Å²) in [6.45, 7) is 4.22. The molecule has 5 heteroatoms. The minimum Gasteiger partial charge on any atom is -0.389 e. The van der Waals surface area contributed by atoms with Crippen molar-refractivity contribution in [1.82, 2.24) is 15.1 Å². The van der Waals surface area contributed by atoms with Crippen molar-refractivity contribution in [3.63, 3.8) is 0 Å².